The lowest BCUT2D eigenvalue weighted by molar-refractivity contribution is 0.948. The Morgan fingerprint density at radius 3 is 2.94 bits per heavy atom. The molecule has 3 rings (SSSR count). The van der Waals surface area contributed by atoms with Gasteiger partial charge in [0.05, 0.1) is 0 Å². The molecule has 94 valence electrons. The van der Waals surface area contributed by atoms with Gasteiger partial charge in [-0.25, -0.2) is 9.97 Å². The van der Waals surface area contributed by atoms with Crippen LogP contribution in [0.1, 0.15) is 37.8 Å². The van der Waals surface area contributed by atoms with Gasteiger partial charge >= 0.3 is 0 Å². The Hall–Kier alpha value is -1.42. The summed E-state index contributed by atoms with van der Waals surface area (Å²) in [5, 5.41) is 7.55. The standard InChI is InChI=1S/C14H17N3S/c1-2-6-15-13-8-12(10-3-4-10)16-14(17-13)11-5-7-18-9-11/h5,7-10H,2-4,6H2,1H3,(H,15,16,17). The molecule has 0 saturated heterocycles. The maximum atomic E-state index is 4.70. The van der Waals surface area contributed by atoms with E-state index in [2.05, 4.69) is 40.1 Å². The molecule has 0 bridgehead atoms. The summed E-state index contributed by atoms with van der Waals surface area (Å²) in [5.74, 6) is 2.49. The van der Waals surface area contributed by atoms with Gasteiger partial charge in [-0.3, -0.25) is 0 Å². The molecule has 3 nitrogen and oxygen atoms in total. The van der Waals surface area contributed by atoms with Crippen LogP contribution < -0.4 is 5.32 Å². The normalized spacial score (nSPS) is 14.7. The summed E-state index contributed by atoms with van der Waals surface area (Å²) < 4.78 is 0. The largest absolute Gasteiger partial charge is 0.370 e. The Bertz CT molecular complexity index is 518. The Morgan fingerprint density at radius 2 is 2.28 bits per heavy atom. The number of hydrogen-bond donors (Lipinski definition) is 1. The van der Waals surface area contributed by atoms with Gasteiger partial charge in [0, 0.05) is 35.2 Å². The second-order valence-corrected chi connectivity index (χ2v) is 5.49. The third kappa shape index (κ3) is 2.53. The summed E-state index contributed by atoms with van der Waals surface area (Å²) >= 11 is 1.69. The van der Waals surface area contributed by atoms with Crippen molar-refractivity contribution in [3.63, 3.8) is 0 Å². The molecule has 0 aliphatic heterocycles. The van der Waals surface area contributed by atoms with Gasteiger partial charge in [-0.2, -0.15) is 11.3 Å². The van der Waals surface area contributed by atoms with Crippen LogP contribution in [0.5, 0.6) is 0 Å². The molecule has 2 heterocycles. The zero-order chi connectivity index (χ0) is 12.4. The molecule has 1 N–H and O–H groups in total. The fourth-order valence-corrected chi connectivity index (χ4v) is 2.55. The van der Waals surface area contributed by atoms with Gasteiger partial charge in [-0.05, 0) is 30.7 Å². The molecule has 1 aliphatic rings. The number of nitrogens with zero attached hydrogens (tertiary/aromatic N) is 2. The molecule has 4 heteroatoms. The zero-order valence-electron chi connectivity index (χ0n) is 10.5. The third-order valence-electron chi connectivity index (χ3n) is 3.08. The first kappa shape index (κ1) is 11.7. The average Bonchev–Trinajstić information content (AvgIpc) is 3.11. The fraction of sp³-hybridized carbons (Fsp3) is 0.429. The van der Waals surface area contributed by atoms with E-state index in [0.717, 1.165) is 30.2 Å². The lowest BCUT2D eigenvalue weighted by Crippen LogP contribution is -2.05. The van der Waals surface area contributed by atoms with Gasteiger partial charge in [-0.15, -0.1) is 0 Å². The quantitative estimate of drug-likeness (QED) is 0.884. The predicted octanol–water partition coefficient (Wildman–Crippen LogP) is 3.90. The van der Waals surface area contributed by atoms with Crippen LogP contribution in [0.15, 0.2) is 22.9 Å². The first-order valence-electron chi connectivity index (χ1n) is 6.52. The number of anilines is 1. The average molecular weight is 259 g/mol. The second kappa shape index (κ2) is 5.06. The van der Waals surface area contributed by atoms with Crippen molar-refractivity contribution in [2.24, 2.45) is 0 Å². The van der Waals surface area contributed by atoms with Gasteiger partial charge in [-0.1, -0.05) is 6.92 Å². The zero-order valence-corrected chi connectivity index (χ0v) is 11.3. The van der Waals surface area contributed by atoms with Crippen LogP contribution in [0.25, 0.3) is 11.4 Å². The van der Waals surface area contributed by atoms with E-state index < -0.39 is 0 Å². The first-order chi connectivity index (χ1) is 8.86. The van der Waals surface area contributed by atoms with E-state index in [9.17, 15) is 0 Å². The highest BCUT2D eigenvalue weighted by Crippen LogP contribution is 2.40. The van der Waals surface area contributed by atoms with E-state index in [1.54, 1.807) is 11.3 Å². The highest BCUT2D eigenvalue weighted by molar-refractivity contribution is 7.08. The van der Waals surface area contributed by atoms with Gasteiger partial charge in [0.1, 0.15) is 5.82 Å². The van der Waals surface area contributed by atoms with Crippen LogP contribution in [-0.2, 0) is 0 Å². The highest BCUT2D eigenvalue weighted by atomic mass is 32.1. The Morgan fingerprint density at radius 1 is 1.39 bits per heavy atom. The number of aromatic nitrogens is 2. The molecule has 1 aliphatic carbocycles. The van der Waals surface area contributed by atoms with Gasteiger partial charge < -0.3 is 5.32 Å². The lowest BCUT2D eigenvalue weighted by atomic mass is 10.2. The smallest absolute Gasteiger partial charge is 0.162 e. The molecule has 0 atom stereocenters. The molecule has 0 unspecified atom stereocenters. The lowest BCUT2D eigenvalue weighted by Gasteiger charge is -2.08. The topological polar surface area (TPSA) is 37.8 Å². The van der Waals surface area contributed by atoms with Crippen LogP contribution in [0.4, 0.5) is 5.82 Å². The number of nitrogens with one attached hydrogen (secondary N) is 1. The van der Waals surface area contributed by atoms with Crippen LogP contribution in [0.3, 0.4) is 0 Å². The monoisotopic (exact) mass is 259 g/mol. The number of rotatable bonds is 5. The minimum absolute atomic E-state index is 0.660. The summed E-state index contributed by atoms with van der Waals surface area (Å²) in [7, 11) is 0. The van der Waals surface area contributed by atoms with Crippen molar-refractivity contribution in [1.29, 1.82) is 0 Å². The Kier molecular flexibility index (Phi) is 3.28. The SMILES string of the molecule is CCCNc1cc(C2CC2)nc(-c2ccsc2)n1. The molecule has 0 spiro atoms. The summed E-state index contributed by atoms with van der Waals surface area (Å²) in [4.78, 5) is 9.31. The summed E-state index contributed by atoms with van der Waals surface area (Å²) in [5.41, 5.74) is 2.33. The molecule has 18 heavy (non-hydrogen) atoms. The molecule has 2 aromatic heterocycles. The van der Waals surface area contributed by atoms with Crippen molar-refractivity contribution in [3.8, 4) is 11.4 Å². The molecule has 2 aromatic rings. The van der Waals surface area contributed by atoms with E-state index in [0.29, 0.717) is 5.92 Å². The minimum atomic E-state index is 0.660. The van der Waals surface area contributed by atoms with E-state index in [4.69, 9.17) is 4.98 Å². The Balaban J connectivity index is 1.94. The van der Waals surface area contributed by atoms with Crippen molar-refractivity contribution in [2.45, 2.75) is 32.1 Å². The van der Waals surface area contributed by atoms with Crippen LogP contribution in [0.2, 0.25) is 0 Å². The maximum absolute atomic E-state index is 4.70. The van der Waals surface area contributed by atoms with Gasteiger partial charge in [0.2, 0.25) is 0 Å². The number of thiophene rings is 1. The predicted molar refractivity (Wildman–Crippen MR) is 76.1 cm³/mol. The van der Waals surface area contributed by atoms with Crippen molar-refractivity contribution in [1.82, 2.24) is 9.97 Å². The fourth-order valence-electron chi connectivity index (χ4n) is 1.92. The van der Waals surface area contributed by atoms with Crippen LogP contribution >= 0.6 is 11.3 Å². The molecule has 0 amide bonds. The van der Waals surface area contributed by atoms with Crippen molar-refractivity contribution < 1.29 is 0 Å². The van der Waals surface area contributed by atoms with E-state index in [1.807, 2.05) is 0 Å². The molecule has 0 aromatic carbocycles. The molecule has 1 saturated carbocycles. The van der Waals surface area contributed by atoms with Crippen molar-refractivity contribution >= 4 is 17.2 Å². The summed E-state index contributed by atoms with van der Waals surface area (Å²) in [6.45, 7) is 3.12. The first-order valence-corrected chi connectivity index (χ1v) is 7.46. The van der Waals surface area contributed by atoms with Crippen molar-refractivity contribution in [2.75, 3.05) is 11.9 Å². The van der Waals surface area contributed by atoms with Crippen LogP contribution in [-0.4, -0.2) is 16.5 Å². The van der Waals surface area contributed by atoms with E-state index in [1.165, 1.54) is 18.5 Å². The van der Waals surface area contributed by atoms with Gasteiger partial charge in [0.15, 0.2) is 5.82 Å². The van der Waals surface area contributed by atoms with Gasteiger partial charge in [0.25, 0.3) is 0 Å². The van der Waals surface area contributed by atoms with Crippen LogP contribution in [0, 0.1) is 0 Å². The second-order valence-electron chi connectivity index (χ2n) is 4.71. The van der Waals surface area contributed by atoms with E-state index >= 15 is 0 Å². The maximum Gasteiger partial charge on any atom is 0.162 e. The molecular formula is C14H17N3S. The molecule has 0 radical (unpaired) electrons. The highest BCUT2D eigenvalue weighted by Gasteiger charge is 2.26. The number of hydrogen-bond acceptors (Lipinski definition) is 4. The summed E-state index contributed by atoms with van der Waals surface area (Å²) in [6, 6.07) is 4.20. The van der Waals surface area contributed by atoms with E-state index in [-0.39, 0.29) is 0 Å². The summed E-state index contributed by atoms with van der Waals surface area (Å²) in [6.07, 6.45) is 3.65. The third-order valence-corrected chi connectivity index (χ3v) is 3.76. The van der Waals surface area contributed by atoms with Crippen molar-refractivity contribution in [3.05, 3.63) is 28.6 Å². The minimum Gasteiger partial charge on any atom is -0.370 e. The molecule has 1 fully saturated rings. The molecular weight excluding hydrogens is 242 g/mol. The Labute approximate surface area is 111 Å².